The molecule has 1 aromatic carbocycles. The predicted octanol–water partition coefficient (Wildman–Crippen LogP) is 2.60. The first-order valence-corrected chi connectivity index (χ1v) is 7.17. The van der Waals surface area contributed by atoms with Crippen molar-refractivity contribution in [3.63, 3.8) is 0 Å². The second kappa shape index (κ2) is 5.33. The predicted molar refractivity (Wildman–Crippen MR) is 83.9 cm³/mol. The number of aryl methyl sites for hydroxylation is 2. The van der Waals surface area contributed by atoms with E-state index in [1.54, 1.807) is 10.9 Å². The number of ether oxygens (including phenoxy) is 1. The zero-order chi connectivity index (χ0) is 15.0. The minimum absolute atomic E-state index is 0.253. The third-order valence-electron chi connectivity index (χ3n) is 3.17. The summed E-state index contributed by atoms with van der Waals surface area (Å²) in [7, 11) is 1.82. The van der Waals surface area contributed by atoms with E-state index in [4.69, 9.17) is 10.5 Å². The molecule has 2 heterocycles. The minimum atomic E-state index is 0.253. The fourth-order valence-electron chi connectivity index (χ4n) is 2.03. The van der Waals surface area contributed by atoms with Crippen molar-refractivity contribution < 1.29 is 4.74 Å². The summed E-state index contributed by atoms with van der Waals surface area (Å²) >= 11 is 3.43. The summed E-state index contributed by atoms with van der Waals surface area (Å²) in [6.07, 6.45) is 1.66. The fraction of sp³-hybridized carbons (Fsp3) is 0.214. The van der Waals surface area contributed by atoms with Crippen LogP contribution in [0.1, 0.15) is 11.4 Å². The molecule has 0 radical (unpaired) electrons. The molecular weight excluding hydrogens is 334 g/mol. The van der Waals surface area contributed by atoms with Gasteiger partial charge in [0.1, 0.15) is 18.2 Å². The normalized spacial score (nSPS) is 11.0. The monoisotopic (exact) mass is 347 g/mol. The molecule has 108 valence electrons. The van der Waals surface area contributed by atoms with E-state index in [1.807, 2.05) is 32.2 Å². The van der Waals surface area contributed by atoms with Gasteiger partial charge in [0, 0.05) is 11.5 Å². The van der Waals surface area contributed by atoms with E-state index in [0.717, 1.165) is 21.2 Å². The first-order chi connectivity index (χ1) is 10.0. The first kappa shape index (κ1) is 13.8. The Balaban J connectivity index is 1.88. The molecule has 21 heavy (non-hydrogen) atoms. The van der Waals surface area contributed by atoms with Crippen LogP contribution in [0.5, 0.6) is 5.75 Å². The van der Waals surface area contributed by atoms with Crippen LogP contribution in [-0.4, -0.2) is 19.7 Å². The van der Waals surface area contributed by atoms with Gasteiger partial charge in [0.05, 0.1) is 11.6 Å². The molecule has 7 heteroatoms. The number of rotatable bonds is 3. The third-order valence-corrected chi connectivity index (χ3v) is 3.67. The Morgan fingerprint density at radius 1 is 1.33 bits per heavy atom. The average Bonchev–Trinajstić information content (AvgIpc) is 2.82. The molecule has 2 N–H and O–H groups in total. The van der Waals surface area contributed by atoms with E-state index in [9.17, 15) is 0 Å². The van der Waals surface area contributed by atoms with Crippen LogP contribution in [0.15, 0.2) is 28.9 Å². The molecule has 0 aliphatic carbocycles. The highest BCUT2D eigenvalue weighted by molar-refractivity contribution is 9.10. The van der Waals surface area contributed by atoms with Crippen LogP contribution < -0.4 is 10.5 Å². The molecule has 0 spiro atoms. The van der Waals surface area contributed by atoms with Gasteiger partial charge in [-0.3, -0.25) is 4.68 Å². The number of halogens is 1. The number of nitrogens with two attached hydrogens (primary N) is 1. The Bertz CT molecular complexity index is 814. The van der Waals surface area contributed by atoms with Crippen molar-refractivity contribution in [3.8, 4) is 5.75 Å². The second-order valence-corrected chi connectivity index (χ2v) is 5.64. The number of hydrogen-bond acceptors (Lipinski definition) is 5. The summed E-state index contributed by atoms with van der Waals surface area (Å²) in [5, 5.41) is 4.88. The molecule has 3 aromatic rings. The molecule has 6 nitrogen and oxygen atoms in total. The summed E-state index contributed by atoms with van der Waals surface area (Å²) in [6.45, 7) is 2.24. The van der Waals surface area contributed by atoms with Crippen LogP contribution in [0.25, 0.3) is 11.0 Å². The van der Waals surface area contributed by atoms with Gasteiger partial charge in [0.25, 0.3) is 0 Å². The molecule has 3 rings (SSSR count). The first-order valence-electron chi connectivity index (χ1n) is 6.37. The van der Waals surface area contributed by atoms with Gasteiger partial charge in [-0.1, -0.05) is 22.0 Å². The Kier molecular flexibility index (Phi) is 3.50. The Labute approximate surface area is 130 Å². The Morgan fingerprint density at radius 2 is 2.14 bits per heavy atom. The molecule has 0 saturated carbocycles. The summed E-state index contributed by atoms with van der Waals surface area (Å²) in [4.78, 5) is 8.69. The maximum atomic E-state index is 5.93. The zero-order valence-corrected chi connectivity index (χ0v) is 13.3. The minimum Gasteiger partial charge on any atom is -0.485 e. The van der Waals surface area contributed by atoms with Crippen molar-refractivity contribution in [2.75, 3.05) is 5.73 Å². The van der Waals surface area contributed by atoms with E-state index < -0.39 is 0 Å². The molecule has 0 aliphatic rings. The van der Waals surface area contributed by atoms with Gasteiger partial charge < -0.3 is 10.5 Å². The van der Waals surface area contributed by atoms with Crippen molar-refractivity contribution >= 4 is 32.8 Å². The standard InChI is InChI=1S/C14H14BrN5O/c1-8-3-4-9(15)5-11(8)21-7-12-18-13(16)10-6-17-20(2)14(10)19-12/h3-6H,7H2,1-2H3,(H2,16,18,19). The van der Waals surface area contributed by atoms with Crippen LogP contribution in [0.2, 0.25) is 0 Å². The van der Waals surface area contributed by atoms with Crippen molar-refractivity contribution in [3.05, 3.63) is 40.3 Å². The fourth-order valence-corrected chi connectivity index (χ4v) is 2.37. The van der Waals surface area contributed by atoms with E-state index >= 15 is 0 Å². The topological polar surface area (TPSA) is 78.9 Å². The number of anilines is 1. The second-order valence-electron chi connectivity index (χ2n) is 4.73. The lowest BCUT2D eigenvalue weighted by Crippen LogP contribution is -2.06. The summed E-state index contributed by atoms with van der Waals surface area (Å²) in [5.41, 5.74) is 7.68. The van der Waals surface area contributed by atoms with Crippen molar-refractivity contribution in [1.82, 2.24) is 19.7 Å². The molecule has 0 unspecified atom stereocenters. The smallest absolute Gasteiger partial charge is 0.170 e. The summed E-state index contributed by atoms with van der Waals surface area (Å²) < 4.78 is 8.42. The van der Waals surface area contributed by atoms with Crippen LogP contribution >= 0.6 is 15.9 Å². The van der Waals surface area contributed by atoms with Crippen LogP contribution in [0.3, 0.4) is 0 Å². The number of nitrogens with zero attached hydrogens (tertiary/aromatic N) is 4. The Hall–Kier alpha value is -2.15. The van der Waals surface area contributed by atoms with Crippen molar-refractivity contribution in [2.45, 2.75) is 13.5 Å². The van der Waals surface area contributed by atoms with Crippen LogP contribution in [0.4, 0.5) is 5.82 Å². The van der Waals surface area contributed by atoms with Crippen molar-refractivity contribution in [2.24, 2.45) is 7.05 Å². The zero-order valence-electron chi connectivity index (χ0n) is 11.7. The molecule has 0 bridgehead atoms. The molecule has 0 amide bonds. The number of nitrogen functional groups attached to an aromatic ring is 1. The van der Waals surface area contributed by atoms with Gasteiger partial charge in [-0.15, -0.1) is 0 Å². The van der Waals surface area contributed by atoms with E-state index in [0.29, 0.717) is 17.3 Å². The molecule has 2 aromatic heterocycles. The highest BCUT2D eigenvalue weighted by atomic mass is 79.9. The summed E-state index contributed by atoms with van der Waals surface area (Å²) in [5.74, 6) is 1.73. The van der Waals surface area contributed by atoms with Crippen LogP contribution in [0, 0.1) is 6.92 Å². The highest BCUT2D eigenvalue weighted by Gasteiger charge is 2.10. The van der Waals surface area contributed by atoms with Crippen LogP contribution in [-0.2, 0) is 13.7 Å². The molecule has 0 saturated heterocycles. The van der Waals surface area contributed by atoms with Gasteiger partial charge in [-0.05, 0) is 24.6 Å². The van der Waals surface area contributed by atoms with Gasteiger partial charge in [0.2, 0.25) is 0 Å². The number of hydrogen-bond donors (Lipinski definition) is 1. The highest BCUT2D eigenvalue weighted by Crippen LogP contribution is 2.24. The quantitative estimate of drug-likeness (QED) is 0.787. The number of benzene rings is 1. The van der Waals surface area contributed by atoms with E-state index in [1.165, 1.54) is 0 Å². The number of fused-ring (bicyclic) bond motifs is 1. The van der Waals surface area contributed by atoms with Gasteiger partial charge in [0.15, 0.2) is 11.5 Å². The maximum Gasteiger partial charge on any atom is 0.170 e. The lowest BCUT2D eigenvalue weighted by Gasteiger charge is -2.09. The Morgan fingerprint density at radius 3 is 2.95 bits per heavy atom. The molecule has 0 aliphatic heterocycles. The third kappa shape index (κ3) is 2.69. The lowest BCUT2D eigenvalue weighted by molar-refractivity contribution is 0.294. The van der Waals surface area contributed by atoms with Gasteiger partial charge >= 0.3 is 0 Å². The SMILES string of the molecule is Cc1ccc(Br)cc1OCc1nc(N)c2cnn(C)c2n1. The molecule has 0 atom stereocenters. The van der Waals surface area contributed by atoms with Gasteiger partial charge in [-0.25, -0.2) is 9.97 Å². The van der Waals surface area contributed by atoms with Gasteiger partial charge in [-0.2, -0.15) is 5.10 Å². The van der Waals surface area contributed by atoms with E-state index in [2.05, 4.69) is 31.0 Å². The summed E-state index contributed by atoms with van der Waals surface area (Å²) in [6, 6.07) is 5.87. The lowest BCUT2D eigenvalue weighted by atomic mass is 10.2. The number of aromatic nitrogens is 4. The molecular formula is C14H14BrN5O. The van der Waals surface area contributed by atoms with Crippen molar-refractivity contribution in [1.29, 1.82) is 0 Å². The van der Waals surface area contributed by atoms with E-state index in [-0.39, 0.29) is 6.61 Å². The molecule has 0 fully saturated rings. The average molecular weight is 348 g/mol. The largest absolute Gasteiger partial charge is 0.485 e. The maximum absolute atomic E-state index is 5.93.